The van der Waals surface area contributed by atoms with Crippen LogP contribution in [0.15, 0.2) is 30.3 Å². The zero-order valence-corrected chi connectivity index (χ0v) is 10.2. The van der Waals surface area contributed by atoms with Crippen molar-refractivity contribution in [3.05, 3.63) is 35.9 Å². The number of carbonyl (C=O) groups is 1. The van der Waals surface area contributed by atoms with Crippen molar-refractivity contribution in [1.82, 2.24) is 5.32 Å². The summed E-state index contributed by atoms with van der Waals surface area (Å²) in [5, 5.41) is 2.72. The lowest BCUT2D eigenvalue weighted by Crippen LogP contribution is -2.29. The molecule has 0 saturated carbocycles. The zero-order chi connectivity index (χ0) is 12.5. The summed E-state index contributed by atoms with van der Waals surface area (Å²) in [5.74, 6) is 0.379. The number of hydrogen-bond acceptors (Lipinski definition) is 3. The topological polar surface area (TPSA) is 64.3 Å². The quantitative estimate of drug-likeness (QED) is 0.792. The number of rotatable bonds is 6. The molecule has 0 bridgehead atoms. The standard InChI is InChI=1S/C13H20N2O2/c1-11(7-8-14)9-15-13(16)17-10-12-5-3-2-4-6-12/h2-6,11H,7-10,14H2,1H3,(H,15,16)/t11-/m0/s1. The summed E-state index contributed by atoms with van der Waals surface area (Å²) in [7, 11) is 0. The van der Waals surface area contributed by atoms with E-state index in [1.54, 1.807) is 0 Å². The van der Waals surface area contributed by atoms with Crippen LogP contribution in [0, 0.1) is 5.92 Å². The van der Waals surface area contributed by atoms with Crippen LogP contribution in [0.5, 0.6) is 0 Å². The summed E-state index contributed by atoms with van der Waals surface area (Å²) in [6.45, 7) is 3.59. The molecular formula is C13H20N2O2. The molecule has 94 valence electrons. The molecule has 4 heteroatoms. The lowest BCUT2D eigenvalue weighted by Gasteiger charge is -2.11. The smallest absolute Gasteiger partial charge is 0.407 e. The molecule has 0 unspecified atom stereocenters. The van der Waals surface area contributed by atoms with E-state index in [9.17, 15) is 4.79 Å². The molecule has 1 atom stereocenters. The molecule has 0 aliphatic heterocycles. The minimum absolute atomic E-state index is 0.304. The lowest BCUT2D eigenvalue weighted by molar-refractivity contribution is 0.138. The molecule has 0 saturated heterocycles. The number of alkyl carbamates (subject to hydrolysis) is 1. The molecule has 0 aliphatic rings. The van der Waals surface area contributed by atoms with Crippen molar-refractivity contribution in [1.29, 1.82) is 0 Å². The van der Waals surface area contributed by atoms with E-state index in [0.29, 0.717) is 25.6 Å². The van der Waals surface area contributed by atoms with Gasteiger partial charge in [0, 0.05) is 6.54 Å². The summed E-state index contributed by atoms with van der Waals surface area (Å²) in [4.78, 5) is 11.4. The highest BCUT2D eigenvalue weighted by atomic mass is 16.5. The minimum Gasteiger partial charge on any atom is -0.445 e. The summed E-state index contributed by atoms with van der Waals surface area (Å²) < 4.78 is 5.08. The van der Waals surface area contributed by atoms with Gasteiger partial charge in [-0.25, -0.2) is 4.79 Å². The summed E-state index contributed by atoms with van der Waals surface area (Å²) in [6.07, 6.45) is 0.525. The highest BCUT2D eigenvalue weighted by Gasteiger charge is 2.05. The third-order valence-corrected chi connectivity index (χ3v) is 2.47. The predicted octanol–water partition coefficient (Wildman–Crippen LogP) is 1.90. The van der Waals surface area contributed by atoms with Crippen LogP contribution in [-0.2, 0) is 11.3 Å². The van der Waals surface area contributed by atoms with Gasteiger partial charge in [0.1, 0.15) is 6.61 Å². The van der Waals surface area contributed by atoms with E-state index in [2.05, 4.69) is 5.32 Å². The maximum absolute atomic E-state index is 11.4. The van der Waals surface area contributed by atoms with Gasteiger partial charge >= 0.3 is 6.09 Å². The molecule has 17 heavy (non-hydrogen) atoms. The largest absolute Gasteiger partial charge is 0.445 e. The molecule has 4 nitrogen and oxygen atoms in total. The van der Waals surface area contributed by atoms with Gasteiger partial charge in [-0.1, -0.05) is 37.3 Å². The van der Waals surface area contributed by atoms with Gasteiger partial charge in [-0.2, -0.15) is 0 Å². The maximum Gasteiger partial charge on any atom is 0.407 e. The molecule has 1 aromatic carbocycles. The Labute approximate surface area is 102 Å². The Balaban J connectivity index is 2.17. The third kappa shape index (κ3) is 5.92. The molecule has 0 spiro atoms. The molecule has 1 amide bonds. The SMILES string of the molecule is C[C@@H](CCN)CNC(=O)OCc1ccccc1. The first-order valence-corrected chi connectivity index (χ1v) is 5.87. The van der Waals surface area contributed by atoms with Crippen molar-refractivity contribution in [3.63, 3.8) is 0 Å². The van der Waals surface area contributed by atoms with Crippen LogP contribution in [0.1, 0.15) is 18.9 Å². The molecule has 0 aliphatic carbocycles. The third-order valence-electron chi connectivity index (χ3n) is 2.47. The first kappa shape index (κ1) is 13.5. The number of carbonyl (C=O) groups excluding carboxylic acids is 1. The van der Waals surface area contributed by atoms with Gasteiger partial charge in [0.2, 0.25) is 0 Å². The number of benzene rings is 1. The van der Waals surface area contributed by atoms with Crippen molar-refractivity contribution in [2.75, 3.05) is 13.1 Å². The van der Waals surface area contributed by atoms with Gasteiger partial charge in [0.05, 0.1) is 0 Å². The van der Waals surface area contributed by atoms with Gasteiger partial charge in [-0.15, -0.1) is 0 Å². The van der Waals surface area contributed by atoms with E-state index in [4.69, 9.17) is 10.5 Å². The lowest BCUT2D eigenvalue weighted by atomic mass is 10.1. The molecule has 0 fully saturated rings. The van der Waals surface area contributed by atoms with E-state index >= 15 is 0 Å². The highest BCUT2D eigenvalue weighted by molar-refractivity contribution is 5.67. The summed E-state index contributed by atoms with van der Waals surface area (Å²) >= 11 is 0. The average Bonchev–Trinajstić information content (AvgIpc) is 2.35. The Hall–Kier alpha value is -1.55. The molecule has 1 rings (SSSR count). The van der Waals surface area contributed by atoms with Crippen LogP contribution in [0.25, 0.3) is 0 Å². The minimum atomic E-state index is -0.377. The molecule has 0 heterocycles. The second kappa shape index (κ2) is 7.68. The molecule has 0 radical (unpaired) electrons. The Morgan fingerprint density at radius 1 is 1.41 bits per heavy atom. The van der Waals surface area contributed by atoms with Crippen molar-refractivity contribution < 1.29 is 9.53 Å². The van der Waals surface area contributed by atoms with Crippen LogP contribution in [-0.4, -0.2) is 19.2 Å². The Morgan fingerprint density at radius 3 is 2.76 bits per heavy atom. The average molecular weight is 236 g/mol. The number of nitrogens with one attached hydrogen (secondary N) is 1. The van der Waals surface area contributed by atoms with Crippen molar-refractivity contribution in [2.45, 2.75) is 20.0 Å². The molecule has 0 aromatic heterocycles. The van der Waals surface area contributed by atoms with Crippen LogP contribution >= 0.6 is 0 Å². The van der Waals surface area contributed by atoms with Crippen molar-refractivity contribution in [3.8, 4) is 0 Å². The van der Waals surface area contributed by atoms with Crippen LogP contribution < -0.4 is 11.1 Å². The zero-order valence-electron chi connectivity index (χ0n) is 10.2. The number of hydrogen-bond donors (Lipinski definition) is 2. The van der Waals surface area contributed by atoms with E-state index in [1.165, 1.54) is 0 Å². The van der Waals surface area contributed by atoms with Crippen molar-refractivity contribution in [2.24, 2.45) is 11.7 Å². The first-order valence-electron chi connectivity index (χ1n) is 5.87. The van der Waals surface area contributed by atoms with Gasteiger partial charge < -0.3 is 15.8 Å². The predicted molar refractivity (Wildman–Crippen MR) is 67.5 cm³/mol. The number of amides is 1. The van der Waals surface area contributed by atoms with Gasteiger partial charge in [0.25, 0.3) is 0 Å². The Morgan fingerprint density at radius 2 is 2.12 bits per heavy atom. The fourth-order valence-corrected chi connectivity index (χ4v) is 1.42. The molecule has 3 N–H and O–H groups in total. The van der Waals surface area contributed by atoms with E-state index < -0.39 is 0 Å². The van der Waals surface area contributed by atoms with Crippen LogP contribution in [0.3, 0.4) is 0 Å². The van der Waals surface area contributed by atoms with Gasteiger partial charge in [-0.3, -0.25) is 0 Å². The van der Waals surface area contributed by atoms with Gasteiger partial charge in [-0.05, 0) is 24.4 Å². The van der Waals surface area contributed by atoms with Crippen LogP contribution in [0.2, 0.25) is 0 Å². The maximum atomic E-state index is 11.4. The highest BCUT2D eigenvalue weighted by Crippen LogP contribution is 2.01. The normalized spacial score (nSPS) is 11.9. The first-order chi connectivity index (χ1) is 8.22. The van der Waals surface area contributed by atoms with E-state index in [1.807, 2.05) is 37.3 Å². The number of nitrogens with two attached hydrogens (primary N) is 1. The molecule has 1 aromatic rings. The fourth-order valence-electron chi connectivity index (χ4n) is 1.42. The fraction of sp³-hybridized carbons (Fsp3) is 0.462. The second-order valence-corrected chi connectivity index (χ2v) is 4.13. The number of ether oxygens (including phenoxy) is 1. The monoisotopic (exact) mass is 236 g/mol. The molecular weight excluding hydrogens is 216 g/mol. The van der Waals surface area contributed by atoms with Crippen LogP contribution in [0.4, 0.5) is 4.79 Å². The van der Waals surface area contributed by atoms with Crippen molar-refractivity contribution >= 4 is 6.09 Å². The van der Waals surface area contributed by atoms with Gasteiger partial charge in [0.15, 0.2) is 0 Å². The second-order valence-electron chi connectivity index (χ2n) is 4.13. The Kier molecular flexibility index (Phi) is 6.10. The Bertz CT molecular complexity index is 327. The van der Waals surface area contributed by atoms with E-state index in [0.717, 1.165) is 12.0 Å². The summed E-state index contributed by atoms with van der Waals surface area (Å²) in [6, 6.07) is 9.60. The summed E-state index contributed by atoms with van der Waals surface area (Å²) in [5.41, 5.74) is 6.41. The van der Waals surface area contributed by atoms with E-state index in [-0.39, 0.29) is 6.09 Å².